The molecular formula is C13H17N3. The van der Waals surface area contributed by atoms with Crippen LogP contribution in [0.3, 0.4) is 0 Å². The lowest BCUT2D eigenvalue weighted by Crippen LogP contribution is -2.33. The summed E-state index contributed by atoms with van der Waals surface area (Å²) in [5.41, 5.74) is 3.72. The van der Waals surface area contributed by atoms with Gasteiger partial charge in [0.05, 0.1) is 17.6 Å². The van der Waals surface area contributed by atoms with Crippen molar-refractivity contribution in [3.8, 4) is 0 Å². The molecule has 1 aromatic carbocycles. The van der Waals surface area contributed by atoms with Gasteiger partial charge in [-0.2, -0.15) is 0 Å². The summed E-state index contributed by atoms with van der Waals surface area (Å²) >= 11 is 0. The lowest BCUT2D eigenvalue weighted by Gasteiger charge is -2.26. The summed E-state index contributed by atoms with van der Waals surface area (Å²) in [5.74, 6) is 1.22. The third-order valence-corrected chi connectivity index (χ3v) is 3.43. The van der Waals surface area contributed by atoms with Gasteiger partial charge in [0, 0.05) is 13.1 Å². The average molecular weight is 215 g/mol. The van der Waals surface area contributed by atoms with Crippen LogP contribution >= 0.6 is 0 Å². The van der Waals surface area contributed by atoms with Crippen molar-refractivity contribution in [2.24, 2.45) is 0 Å². The Balaban J connectivity index is 2.12. The van der Waals surface area contributed by atoms with Crippen LogP contribution in [0.5, 0.6) is 0 Å². The lowest BCUT2D eigenvalue weighted by molar-refractivity contribution is 0.230. The summed E-state index contributed by atoms with van der Waals surface area (Å²) in [6.45, 7) is 8.65. The highest BCUT2D eigenvalue weighted by atomic mass is 15.2. The first-order valence-electron chi connectivity index (χ1n) is 5.96. The smallest absolute Gasteiger partial charge is 0.124 e. The third kappa shape index (κ3) is 1.43. The van der Waals surface area contributed by atoms with Crippen molar-refractivity contribution in [3.05, 3.63) is 29.6 Å². The van der Waals surface area contributed by atoms with Crippen LogP contribution in [0.15, 0.2) is 18.2 Å². The van der Waals surface area contributed by atoms with E-state index in [0.717, 1.165) is 31.7 Å². The van der Waals surface area contributed by atoms with E-state index >= 15 is 0 Å². The van der Waals surface area contributed by atoms with E-state index in [9.17, 15) is 0 Å². The Kier molecular flexibility index (Phi) is 2.21. The van der Waals surface area contributed by atoms with Gasteiger partial charge in [-0.15, -0.1) is 0 Å². The molecule has 0 saturated carbocycles. The molecule has 3 nitrogen and oxygen atoms in total. The number of aromatic nitrogens is 2. The summed E-state index contributed by atoms with van der Waals surface area (Å²) in [6, 6.07) is 6.54. The second-order valence-electron chi connectivity index (χ2n) is 4.54. The van der Waals surface area contributed by atoms with Crippen LogP contribution < -0.4 is 0 Å². The predicted molar refractivity (Wildman–Crippen MR) is 65.4 cm³/mol. The van der Waals surface area contributed by atoms with Crippen molar-refractivity contribution in [1.82, 2.24) is 14.5 Å². The van der Waals surface area contributed by atoms with E-state index in [4.69, 9.17) is 4.98 Å². The maximum Gasteiger partial charge on any atom is 0.124 e. The van der Waals surface area contributed by atoms with Gasteiger partial charge >= 0.3 is 0 Å². The zero-order valence-corrected chi connectivity index (χ0v) is 9.90. The molecule has 2 heterocycles. The number of imidazole rings is 1. The van der Waals surface area contributed by atoms with Gasteiger partial charge in [-0.25, -0.2) is 4.98 Å². The van der Waals surface area contributed by atoms with Crippen LogP contribution in [-0.4, -0.2) is 27.5 Å². The van der Waals surface area contributed by atoms with Crippen LogP contribution in [0.25, 0.3) is 11.0 Å². The molecule has 16 heavy (non-hydrogen) atoms. The maximum atomic E-state index is 4.73. The molecule has 84 valence electrons. The summed E-state index contributed by atoms with van der Waals surface area (Å²) in [6.07, 6.45) is 0. The number of aryl methyl sites for hydroxylation is 1. The maximum absolute atomic E-state index is 4.73. The second kappa shape index (κ2) is 3.59. The number of hydrogen-bond acceptors (Lipinski definition) is 2. The van der Waals surface area contributed by atoms with Gasteiger partial charge < -0.3 is 4.57 Å². The molecule has 0 aliphatic carbocycles. The molecule has 0 radical (unpaired) electrons. The van der Waals surface area contributed by atoms with Gasteiger partial charge in [0.1, 0.15) is 5.82 Å². The van der Waals surface area contributed by atoms with E-state index in [-0.39, 0.29) is 0 Å². The van der Waals surface area contributed by atoms with Crippen molar-refractivity contribution in [2.75, 3.05) is 13.1 Å². The molecule has 0 atom stereocenters. The van der Waals surface area contributed by atoms with E-state index in [1.54, 1.807) is 0 Å². The van der Waals surface area contributed by atoms with Gasteiger partial charge in [-0.1, -0.05) is 13.0 Å². The van der Waals surface area contributed by atoms with Crippen LogP contribution in [0.1, 0.15) is 18.3 Å². The highest BCUT2D eigenvalue weighted by molar-refractivity contribution is 5.77. The molecule has 0 N–H and O–H groups in total. The highest BCUT2D eigenvalue weighted by Crippen LogP contribution is 2.21. The number of likely N-dealkylation sites (N-methyl/N-ethyl adjacent to an activating group) is 1. The van der Waals surface area contributed by atoms with Gasteiger partial charge in [0.25, 0.3) is 0 Å². The summed E-state index contributed by atoms with van der Waals surface area (Å²) in [7, 11) is 0. The molecule has 0 fully saturated rings. The van der Waals surface area contributed by atoms with Crippen LogP contribution in [0, 0.1) is 6.92 Å². The van der Waals surface area contributed by atoms with Crippen molar-refractivity contribution >= 4 is 11.0 Å². The highest BCUT2D eigenvalue weighted by Gasteiger charge is 2.18. The van der Waals surface area contributed by atoms with Crippen molar-refractivity contribution in [2.45, 2.75) is 26.9 Å². The van der Waals surface area contributed by atoms with Crippen molar-refractivity contribution < 1.29 is 0 Å². The zero-order valence-electron chi connectivity index (χ0n) is 9.90. The molecule has 3 heteroatoms. The quantitative estimate of drug-likeness (QED) is 0.727. The molecule has 0 saturated heterocycles. The second-order valence-corrected chi connectivity index (χ2v) is 4.54. The standard InChI is InChI=1S/C13H17N3/c1-3-15-6-7-16-12-5-4-10(2)8-11(12)14-13(16)9-15/h4-5,8H,3,6-7,9H2,1-2H3. The first kappa shape index (κ1) is 9.85. The number of benzene rings is 1. The van der Waals surface area contributed by atoms with Crippen LogP contribution in [0.2, 0.25) is 0 Å². The van der Waals surface area contributed by atoms with Crippen molar-refractivity contribution in [3.63, 3.8) is 0 Å². The molecule has 0 bridgehead atoms. The molecule has 1 aliphatic rings. The molecule has 1 aliphatic heterocycles. The van der Waals surface area contributed by atoms with Crippen LogP contribution in [0.4, 0.5) is 0 Å². The monoisotopic (exact) mass is 215 g/mol. The Morgan fingerprint density at radius 2 is 2.19 bits per heavy atom. The van der Waals surface area contributed by atoms with E-state index in [1.807, 2.05) is 0 Å². The Morgan fingerprint density at radius 3 is 3.00 bits per heavy atom. The molecule has 2 aromatic rings. The van der Waals surface area contributed by atoms with E-state index in [0.29, 0.717) is 0 Å². The predicted octanol–water partition coefficient (Wildman–Crippen LogP) is 2.18. The van der Waals surface area contributed by atoms with E-state index < -0.39 is 0 Å². The van der Waals surface area contributed by atoms with Gasteiger partial charge in [-0.3, -0.25) is 4.90 Å². The van der Waals surface area contributed by atoms with Gasteiger partial charge in [0.15, 0.2) is 0 Å². The normalized spacial score (nSPS) is 16.6. The molecule has 1 aromatic heterocycles. The average Bonchev–Trinajstić information content (AvgIpc) is 2.64. The third-order valence-electron chi connectivity index (χ3n) is 3.43. The minimum atomic E-state index is 0.990. The number of hydrogen-bond donors (Lipinski definition) is 0. The van der Waals surface area contributed by atoms with E-state index in [1.165, 1.54) is 16.9 Å². The Bertz CT molecular complexity index is 527. The molecule has 3 rings (SSSR count). The summed E-state index contributed by atoms with van der Waals surface area (Å²) in [5, 5.41) is 0. The largest absolute Gasteiger partial charge is 0.326 e. The Labute approximate surface area is 95.7 Å². The summed E-state index contributed by atoms with van der Waals surface area (Å²) < 4.78 is 2.36. The molecule has 0 spiro atoms. The number of rotatable bonds is 1. The molecular weight excluding hydrogens is 198 g/mol. The minimum Gasteiger partial charge on any atom is -0.326 e. The molecule has 0 unspecified atom stereocenters. The summed E-state index contributed by atoms with van der Waals surface area (Å²) in [4.78, 5) is 7.17. The fourth-order valence-electron chi connectivity index (χ4n) is 2.45. The number of fused-ring (bicyclic) bond motifs is 3. The van der Waals surface area contributed by atoms with Gasteiger partial charge in [0.2, 0.25) is 0 Å². The Morgan fingerprint density at radius 1 is 1.31 bits per heavy atom. The van der Waals surface area contributed by atoms with E-state index in [2.05, 4.69) is 41.5 Å². The Hall–Kier alpha value is -1.35. The minimum absolute atomic E-state index is 0.990. The molecule has 0 amide bonds. The SMILES string of the molecule is CCN1CCn2c(nc3cc(C)ccc32)C1. The topological polar surface area (TPSA) is 21.1 Å². The van der Waals surface area contributed by atoms with Gasteiger partial charge in [-0.05, 0) is 31.2 Å². The lowest BCUT2D eigenvalue weighted by atomic mass is 10.2. The first-order chi connectivity index (χ1) is 7.78. The van der Waals surface area contributed by atoms with Crippen LogP contribution in [-0.2, 0) is 13.1 Å². The van der Waals surface area contributed by atoms with Crippen molar-refractivity contribution in [1.29, 1.82) is 0 Å². The first-order valence-corrected chi connectivity index (χ1v) is 5.96. The number of nitrogens with zero attached hydrogens (tertiary/aromatic N) is 3. The zero-order chi connectivity index (χ0) is 11.1. The fourth-order valence-corrected chi connectivity index (χ4v) is 2.45. The fraction of sp³-hybridized carbons (Fsp3) is 0.462.